The molecule has 3 saturated carbocycles. The number of alkyl halides is 2. The summed E-state index contributed by atoms with van der Waals surface area (Å²) in [6.07, 6.45) is 0.481. The molecule has 0 bridgehead atoms. The predicted octanol–water partition coefficient (Wildman–Crippen LogP) is 3.94. The molecule has 49 heavy (non-hydrogen) atoms. The summed E-state index contributed by atoms with van der Waals surface area (Å²) in [6, 6.07) is 0. The highest BCUT2D eigenvalue weighted by atomic mass is 19.1. The van der Waals surface area contributed by atoms with E-state index >= 15 is 8.78 Å². The second-order valence-electron chi connectivity index (χ2n) is 13.3. The van der Waals surface area contributed by atoms with Crippen molar-refractivity contribution in [2.24, 2.45) is 34.5 Å². The van der Waals surface area contributed by atoms with Gasteiger partial charge >= 0.3 is 12.1 Å². The van der Waals surface area contributed by atoms with Crippen molar-refractivity contribution in [3.8, 4) is 0 Å². The molecule has 4 aliphatic rings. The van der Waals surface area contributed by atoms with Gasteiger partial charge in [-0.2, -0.15) is 0 Å². The quantitative estimate of drug-likeness (QED) is 0.113. The van der Waals surface area contributed by atoms with Gasteiger partial charge in [-0.1, -0.05) is 19.9 Å². The maximum absolute atomic E-state index is 17.2. The van der Waals surface area contributed by atoms with Crippen LogP contribution >= 0.6 is 0 Å². The second kappa shape index (κ2) is 16.0. The fraction of sp³-hybridized carbons (Fsp3) is 0.742. The zero-order valence-electron chi connectivity index (χ0n) is 27.4. The third kappa shape index (κ3) is 8.51. The fourth-order valence-electron chi connectivity index (χ4n) is 8.38. The van der Waals surface area contributed by atoms with Crippen LogP contribution in [0.4, 0.5) is 13.6 Å². The van der Waals surface area contributed by atoms with Crippen LogP contribution in [0.1, 0.15) is 65.7 Å². The van der Waals surface area contributed by atoms with Crippen LogP contribution in [0.2, 0.25) is 0 Å². The normalized spacial score (nSPS) is 34.1. The summed E-state index contributed by atoms with van der Waals surface area (Å²) in [6.45, 7) is 4.28. The number of carboxylic acids is 1. The number of hydrogen-bond donors (Lipinski definition) is 2. The average Bonchev–Trinajstić information content (AvgIpc) is 3.27. The highest BCUT2D eigenvalue weighted by Crippen LogP contribution is 2.70. The lowest BCUT2D eigenvalue weighted by Gasteiger charge is -2.62. The third-order valence-electron chi connectivity index (χ3n) is 10.3. The minimum absolute atomic E-state index is 0.0380. The third-order valence-corrected chi connectivity index (χ3v) is 10.3. The second-order valence-corrected chi connectivity index (χ2v) is 13.3. The SMILES string of the molecule is C[C@@H]1CC2C3C[C@H](F)C4=CC(=O)C=CC4(C)[C@@]3(F)C(O)CC2(C)C1C(=O)COC(=O)OCCCCO[N+](=O)[O-].O=C(O)CCCO[N+](=O)[O-]. The average molecular weight is 705 g/mol. The maximum atomic E-state index is 17.2. The van der Waals surface area contributed by atoms with Crippen LogP contribution in [-0.4, -0.2) is 88.4 Å². The summed E-state index contributed by atoms with van der Waals surface area (Å²) < 4.78 is 42.5. The van der Waals surface area contributed by atoms with E-state index in [1.165, 1.54) is 19.1 Å². The van der Waals surface area contributed by atoms with Crippen LogP contribution in [0.3, 0.4) is 0 Å². The molecule has 0 aliphatic heterocycles. The largest absolute Gasteiger partial charge is 0.508 e. The van der Waals surface area contributed by atoms with Crippen molar-refractivity contribution in [3.05, 3.63) is 44.0 Å². The Morgan fingerprint density at radius 3 is 2.22 bits per heavy atom. The Labute approximate surface area is 280 Å². The zero-order valence-corrected chi connectivity index (χ0v) is 27.4. The van der Waals surface area contributed by atoms with Gasteiger partial charge < -0.3 is 29.4 Å². The topological polar surface area (TPSA) is 232 Å². The van der Waals surface area contributed by atoms with Crippen molar-refractivity contribution in [3.63, 3.8) is 0 Å². The van der Waals surface area contributed by atoms with Crippen LogP contribution in [0, 0.1) is 54.7 Å². The zero-order chi connectivity index (χ0) is 36.7. The van der Waals surface area contributed by atoms with Gasteiger partial charge in [0.05, 0.1) is 25.9 Å². The van der Waals surface area contributed by atoms with Crippen molar-refractivity contribution < 1.29 is 67.5 Å². The van der Waals surface area contributed by atoms with Gasteiger partial charge in [0.1, 0.15) is 6.17 Å². The lowest BCUT2D eigenvalue weighted by atomic mass is 9.45. The number of allylic oxidation sites excluding steroid dienone is 4. The number of carbonyl (C=O) groups excluding carboxylic acids is 3. The molecular weight excluding hydrogens is 662 g/mol. The number of Topliss-reactive ketones (excluding diaryl/α,β-unsaturated/α-hetero) is 1. The van der Waals surface area contributed by atoms with Crippen molar-refractivity contribution >= 4 is 23.7 Å². The number of aliphatic carboxylic acids is 1. The molecule has 0 radical (unpaired) electrons. The fourth-order valence-corrected chi connectivity index (χ4v) is 8.38. The summed E-state index contributed by atoms with van der Waals surface area (Å²) >= 11 is 0. The number of fused-ring (bicyclic) bond motifs is 5. The Kier molecular flexibility index (Phi) is 12.8. The number of aliphatic hydroxyl groups is 1. The first kappa shape index (κ1) is 39.2. The minimum Gasteiger partial charge on any atom is -0.481 e. The Morgan fingerprint density at radius 1 is 1.00 bits per heavy atom. The first-order chi connectivity index (χ1) is 22.9. The number of halogens is 2. The molecule has 3 fully saturated rings. The van der Waals surface area contributed by atoms with E-state index in [1.54, 1.807) is 0 Å². The number of rotatable bonds is 14. The van der Waals surface area contributed by atoms with Crippen molar-refractivity contribution in [1.82, 2.24) is 0 Å². The number of unbranched alkanes of at least 4 members (excludes halogenated alkanes) is 1. The van der Waals surface area contributed by atoms with Gasteiger partial charge in [0.15, 0.2) is 23.8 Å². The Morgan fingerprint density at radius 2 is 1.61 bits per heavy atom. The van der Waals surface area contributed by atoms with Crippen LogP contribution in [0.5, 0.6) is 0 Å². The summed E-state index contributed by atoms with van der Waals surface area (Å²) in [5.74, 6) is -3.95. The van der Waals surface area contributed by atoms with E-state index in [2.05, 4.69) is 9.68 Å². The number of aliphatic hydroxyl groups excluding tert-OH is 1. The molecule has 0 aromatic carbocycles. The van der Waals surface area contributed by atoms with E-state index in [4.69, 9.17) is 14.6 Å². The van der Waals surface area contributed by atoms with Gasteiger partial charge in [-0.15, -0.1) is 20.2 Å². The molecule has 18 heteroatoms. The molecule has 0 saturated heterocycles. The molecule has 0 heterocycles. The van der Waals surface area contributed by atoms with Crippen molar-refractivity contribution in [1.29, 1.82) is 0 Å². The molecular formula is C31H42F2N2O14. The van der Waals surface area contributed by atoms with Gasteiger partial charge in [0, 0.05) is 23.7 Å². The van der Waals surface area contributed by atoms with Gasteiger partial charge in [-0.05, 0) is 80.4 Å². The molecule has 4 rings (SSSR count). The molecule has 6 unspecified atom stereocenters. The maximum Gasteiger partial charge on any atom is 0.508 e. The molecule has 274 valence electrons. The van der Waals surface area contributed by atoms with Gasteiger partial charge in [0.2, 0.25) is 0 Å². The monoisotopic (exact) mass is 704 g/mol. The van der Waals surface area contributed by atoms with Gasteiger partial charge in [-0.3, -0.25) is 14.4 Å². The molecule has 0 amide bonds. The Bertz CT molecular complexity index is 1340. The predicted molar refractivity (Wildman–Crippen MR) is 161 cm³/mol. The number of carboxylic acid groups (broad SMARTS) is 1. The smallest absolute Gasteiger partial charge is 0.481 e. The van der Waals surface area contributed by atoms with Crippen LogP contribution in [0.25, 0.3) is 0 Å². The first-order valence-electron chi connectivity index (χ1n) is 15.9. The number of carbonyl (C=O) groups is 4. The molecule has 9 atom stereocenters. The molecule has 16 nitrogen and oxygen atoms in total. The number of ketones is 2. The van der Waals surface area contributed by atoms with E-state index < -0.39 is 81.2 Å². The van der Waals surface area contributed by atoms with Gasteiger partial charge in [-0.25, -0.2) is 13.6 Å². The highest BCUT2D eigenvalue weighted by Gasteiger charge is 2.73. The van der Waals surface area contributed by atoms with Crippen LogP contribution in [0.15, 0.2) is 23.8 Å². The van der Waals surface area contributed by atoms with Crippen LogP contribution < -0.4 is 0 Å². The summed E-state index contributed by atoms with van der Waals surface area (Å²) in [5, 5.41) is 37.1. The van der Waals surface area contributed by atoms with E-state index in [0.717, 1.165) is 6.08 Å². The standard InChI is InChI=1S/C27H35F2NO9.C4H7NO5/c1-15-10-17-18-12-20(28)19-11-16(31)6-7-26(19,3)27(18,29)22(33)13-25(17,2)23(15)21(32)14-38-24(34)37-8-4-5-9-39-30(35)36;6-4(7)2-1-3-10-5(8)9/h6-7,11,15,17-18,20,22-23,33H,4-5,8-10,12-14H2,1-3H3;1-3H2,(H,6,7)/t15-,17?,18?,20+,22?,23?,25?,26?,27+;/m1./s1. The van der Waals surface area contributed by atoms with Gasteiger partial charge in [0.25, 0.3) is 10.2 Å². The summed E-state index contributed by atoms with van der Waals surface area (Å²) in [7, 11) is 0. The number of hydrogen-bond acceptors (Lipinski definition) is 13. The molecule has 0 spiro atoms. The van der Waals surface area contributed by atoms with E-state index in [-0.39, 0.29) is 69.2 Å². The molecule has 2 N–H and O–H groups in total. The number of nitrogens with zero attached hydrogens (tertiary/aromatic N) is 2. The van der Waals surface area contributed by atoms with Crippen LogP contribution in [-0.2, 0) is 33.5 Å². The molecule has 4 aliphatic carbocycles. The highest BCUT2D eigenvalue weighted by molar-refractivity contribution is 6.01. The number of ether oxygens (including phenoxy) is 2. The first-order valence-corrected chi connectivity index (χ1v) is 15.9. The van der Waals surface area contributed by atoms with E-state index in [9.17, 15) is 44.5 Å². The molecule has 0 aromatic heterocycles. The molecule has 0 aromatic rings. The van der Waals surface area contributed by atoms with Crippen molar-refractivity contribution in [2.75, 3.05) is 26.4 Å². The summed E-state index contributed by atoms with van der Waals surface area (Å²) in [5.41, 5.74) is -4.51. The van der Waals surface area contributed by atoms with E-state index in [0.29, 0.717) is 12.8 Å². The Balaban J connectivity index is 0.000000565. The van der Waals surface area contributed by atoms with Crippen molar-refractivity contribution in [2.45, 2.75) is 83.7 Å². The van der Waals surface area contributed by atoms with E-state index in [1.807, 2.05) is 13.8 Å². The lowest BCUT2D eigenvalue weighted by molar-refractivity contribution is -0.757. The minimum atomic E-state index is -2.22. The lowest BCUT2D eigenvalue weighted by Crippen LogP contribution is -2.68. The summed E-state index contributed by atoms with van der Waals surface area (Å²) in [4.78, 5) is 74.6. The Hall–Kier alpha value is -4.22.